The Morgan fingerprint density at radius 1 is 1.54 bits per heavy atom. The lowest BCUT2D eigenvalue weighted by molar-refractivity contribution is -0.125. The summed E-state index contributed by atoms with van der Waals surface area (Å²) in [6.07, 6.45) is 4.64. The van der Waals surface area contributed by atoms with Crippen LogP contribution in [-0.2, 0) is 20.7 Å². The molecule has 1 aromatic carbocycles. The molecule has 0 unspecified atom stereocenters. The number of nitrogens with zero attached hydrogens (tertiary/aromatic N) is 2. The Balaban J connectivity index is 2.18. The molecule has 5 heteroatoms. The van der Waals surface area contributed by atoms with Gasteiger partial charge < -0.3 is 4.74 Å². The van der Waals surface area contributed by atoms with Gasteiger partial charge in [0.1, 0.15) is 10.1 Å². The van der Waals surface area contributed by atoms with Crippen molar-refractivity contribution in [2.75, 3.05) is 7.11 Å². The molecule has 0 saturated heterocycles. The SMILES string of the molecule is [C-]#[N+]c1ccc2c(c1)[C@@](SC#N)(C(C)=O)[C@@]1(CC[C@@H](OC)[C@H](CC)C1)C2. The van der Waals surface area contributed by atoms with Crippen LogP contribution in [0.5, 0.6) is 0 Å². The number of thiocyanates is 1. The summed E-state index contributed by atoms with van der Waals surface area (Å²) >= 11 is 1.10. The van der Waals surface area contributed by atoms with Gasteiger partial charge in [0, 0.05) is 12.5 Å². The Bertz CT molecular complexity index is 809. The minimum absolute atomic E-state index is 0.0238. The molecule has 1 fully saturated rings. The monoisotopic (exact) mass is 368 g/mol. The van der Waals surface area contributed by atoms with E-state index >= 15 is 0 Å². The van der Waals surface area contributed by atoms with E-state index in [0.29, 0.717) is 11.6 Å². The molecular weight excluding hydrogens is 344 g/mol. The number of hydrogen-bond acceptors (Lipinski definition) is 4. The van der Waals surface area contributed by atoms with Gasteiger partial charge >= 0.3 is 0 Å². The predicted octanol–water partition coefficient (Wildman–Crippen LogP) is 5.00. The lowest BCUT2D eigenvalue weighted by Gasteiger charge is -2.50. The van der Waals surface area contributed by atoms with Crippen LogP contribution in [0.25, 0.3) is 4.85 Å². The molecule has 0 radical (unpaired) electrons. The van der Waals surface area contributed by atoms with E-state index in [2.05, 4.69) is 17.2 Å². The van der Waals surface area contributed by atoms with Gasteiger partial charge in [0.2, 0.25) is 0 Å². The van der Waals surface area contributed by atoms with Crippen LogP contribution in [0.15, 0.2) is 18.2 Å². The molecule has 26 heavy (non-hydrogen) atoms. The molecule has 0 aromatic heterocycles. The maximum atomic E-state index is 13.1. The third-order valence-electron chi connectivity index (χ3n) is 6.49. The summed E-state index contributed by atoms with van der Waals surface area (Å²) < 4.78 is 4.82. The first-order valence-corrected chi connectivity index (χ1v) is 9.91. The highest BCUT2D eigenvalue weighted by atomic mass is 32.2. The van der Waals surface area contributed by atoms with E-state index in [1.165, 1.54) is 0 Å². The van der Waals surface area contributed by atoms with Crippen molar-refractivity contribution >= 4 is 23.2 Å². The standard InChI is InChI=1S/C21H24N2O2S/c1-5-15-11-20(9-8-19(15)25-4)12-16-6-7-17(23-3)10-18(16)21(20,14(2)24)26-13-22/h6-7,10,15,19H,5,8-9,11-12H2,1-2,4H3/t15-,19-,20-,21+/m1/s1. The second kappa shape index (κ2) is 7.06. The zero-order valence-electron chi connectivity index (χ0n) is 15.5. The number of carbonyl (C=O) groups excluding carboxylic acids is 1. The number of ketones is 1. The van der Waals surface area contributed by atoms with Crippen LogP contribution in [0.3, 0.4) is 0 Å². The quantitative estimate of drug-likeness (QED) is 0.554. The van der Waals surface area contributed by atoms with E-state index in [0.717, 1.165) is 55.0 Å². The molecule has 0 heterocycles. The molecule has 0 amide bonds. The van der Waals surface area contributed by atoms with Crippen molar-refractivity contribution in [2.45, 2.75) is 56.8 Å². The van der Waals surface area contributed by atoms with Crippen molar-refractivity contribution in [3.8, 4) is 5.40 Å². The Morgan fingerprint density at radius 3 is 2.88 bits per heavy atom. The number of hydrogen-bond donors (Lipinski definition) is 0. The van der Waals surface area contributed by atoms with Gasteiger partial charge in [-0.1, -0.05) is 31.5 Å². The van der Waals surface area contributed by atoms with Crippen LogP contribution in [0.4, 0.5) is 5.69 Å². The van der Waals surface area contributed by atoms with E-state index in [4.69, 9.17) is 11.3 Å². The van der Waals surface area contributed by atoms with Gasteiger partial charge in [-0.3, -0.25) is 4.79 Å². The minimum atomic E-state index is -0.885. The molecule has 1 saturated carbocycles. The Kier molecular flexibility index (Phi) is 5.15. The van der Waals surface area contributed by atoms with Crippen molar-refractivity contribution < 1.29 is 9.53 Å². The fraction of sp³-hybridized carbons (Fsp3) is 0.571. The lowest BCUT2D eigenvalue weighted by Crippen LogP contribution is -2.50. The van der Waals surface area contributed by atoms with E-state index in [1.807, 2.05) is 18.2 Å². The number of carbonyl (C=O) groups is 1. The summed E-state index contributed by atoms with van der Waals surface area (Å²) in [5.74, 6) is 0.400. The number of methoxy groups -OCH3 is 1. The first kappa shape index (κ1) is 19.0. The smallest absolute Gasteiger partial charge is 0.187 e. The van der Waals surface area contributed by atoms with Gasteiger partial charge in [0.05, 0.1) is 12.7 Å². The summed E-state index contributed by atoms with van der Waals surface area (Å²) in [6.45, 7) is 11.1. The molecule has 1 aromatic rings. The van der Waals surface area contributed by atoms with Crippen molar-refractivity contribution in [1.82, 2.24) is 0 Å². The maximum Gasteiger partial charge on any atom is 0.187 e. The van der Waals surface area contributed by atoms with Gasteiger partial charge in [-0.15, -0.1) is 0 Å². The molecular formula is C21H24N2O2S. The second-order valence-corrected chi connectivity index (χ2v) is 8.53. The van der Waals surface area contributed by atoms with Gasteiger partial charge in [0.25, 0.3) is 0 Å². The number of rotatable bonds is 4. The Hall–Kier alpha value is -1.82. The lowest BCUT2D eigenvalue weighted by atomic mass is 9.60. The molecule has 0 bridgehead atoms. The predicted molar refractivity (Wildman–Crippen MR) is 103 cm³/mol. The van der Waals surface area contributed by atoms with Crippen LogP contribution in [-0.4, -0.2) is 19.0 Å². The van der Waals surface area contributed by atoms with Gasteiger partial charge in [-0.2, -0.15) is 5.26 Å². The first-order valence-electron chi connectivity index (χ1n) is 9.09. The third-order valence-corrected chi connectivity index (χ3v) is 7.82. The normalized spacial score (nSPS) is 32.7. The second-order valence-electron chi connectivity index (χ2n) is 7.53. The summed E-state index contributed by atoms with van der Waals surface area (Å²) in [5.41, 5.74) is 2.25. The van der Waals surface area contributed by atoms with E-state index in [-0.39, 0.29) is 17.3 Å². The number of ether oxygens (including phenoxy) is 1. The Labute approximate surface area is 159 Å². The van der Waals surface area contributed by atoms with Crippen LogP contribution >= 0.6 is 11.8 Å². The highest BCUT2D eigenvalue weighted by molar-refractivity contribution is 8.05. The zero-order valence-corrected chi connectivity index (χ0v) is 16.4. The van der Waals surface area contributed by atoms with Crippen LogP contribution < -0.4 is 0 Å². The van der Waals surface area contributed by atoms with Gasteiger partial charge in [-0.05, 0) is 61.4 Å². The van der Waals surface area contributed by atoms with Gasteiger partial charge in [0.15, 0.2) is 11.5 Å². The topological polar surface area (TPSA) is 54.5 Å². The molecule has 0 N–H and O–H groups in total. The molecule has 2 aliphatic carbocycles. The largest absolute Gasteiger partial charge is 0.381 e. The molecule has 0 aliphatic heterocycles. The summed E-state index contributed by atoms with van der Waals surface area (Å²) in [6, 6.07) is 5.65. The number of thioether (sulfide) groups is 1. The number of nitriles is 1. The highest BCUT2D eigenvalue weighted by Crippen LogP contribution is 2.65. The van der Waals surface area contributed by atoms with Crippen molar-refractivity contribution in [1.29, 1.82) is 5.26 Å². The molecule has 4 atom stereocenters. The molecule has 4 nitrogen and oxygen atoms in total. The highest BCUT2D eigenvalue weighted by Gasteiger charge is 2.63. The van der Waals surface area contributed by atoms with Crippen LogP contribution in [0, 0.1) is 28.6 Å². The molecule has 1 spiro atoms. The van der Waals surface area contributed by atoms with E-state index in [9.17, 15) is 10.1 Å². The fourth-order valence-electron chi connectivity index (χ4n) is 5.34. The summed E-state index contributed by atoms with van der Waals surface area (Å²) in [7, 11) is 1.76. The van der Waals surface area contributed by atoms with Gasteiger partial charge in [-0.25, -0.2) is 4.85 Å². The Morgan fingerprint density at radius 2 is 2.31 bits per heavy atom. The maximum absolute atomic E-state index is 13.1. The zero-order chi connectivity index (χ0) is 18.9. The molecule has 136 valence electrons. The van der Waals surface area contributed by atoms with Crippen molar-refractivity contribution in [2.24, 2.45) is 11.3 Å². The number of Topliss-reactive ketones (excluding diaryl/α,β-unsaturated/α-hetero) is 1. The minimum Gasteiger partial charge on any atom is -0.381 e. The van der Waals surface area contributed by atoms with E-state index in [1.54, 1.807) is 14.0 Å². The molecule has 3 rings (SSSR count). The van der Waals surface area contributed by atoms with Crippen LogP contribution in [0.2, 0.25) is 0 Å². The first-order chi connectivity index (χ1) is 12.5. The average Bonchev–Trinajstić information content (AvgIpc) is 2.91. The third kappa shape index (κ3) is 2.57. The van der Waals surface area contributed by atoms with E-state index < -0.39 is 4.75 Å². The number of fused-ring (bicyclic) bond motifs is 1. The van der Waals surface area contributed by atoms with Crippen LogP contribution in [0.1, 0.15) is 50.7 Å². The fourth-order valence-corrected chi connectivity index (χ4v) is 6.40. The molecule has 2 aliphatic rings. The van der Waals surface area contributed by atoms with Crippen molar-refractivity contribution in [3.63, 3.8) is 0 Å². The summed E-state index contributed by atoms with van der Waals surface area (Å²) in [4.78, 5) is 16.6. The average molecular weight is 369 g/mol. The number of benzene rings is 1. The summed E-state index contributed by atoms with van der Waals surface area (Å²) in [5, 5.41) is 11.8. The van der Waals surface area contributed by atoms with Crippen molar-refractivity contribution in [3.05, 3.63) is 40.7 Å².